The van der Waals surface area contributed by atoms with Crippen LogP contribution in [-0.2, 0) is 0 Å². The Morgan fingerprint density at radius 3 is 2.67 bits per heavy atom. The minimum absolute atomic E-state index is 0.0875. The molecule has 1 saturated heterocycles. The van der Waals surface area contributed by atoms with Crippen molar-refractivity contribution in [3.63, 3.8) is 0 Å². The Morgan fingerprint density at radius 2 is 2.00 bits per heavy atom. The zero-order valence-corrected chi connectivity index (χ0v) is 19.9. The molecule has 4 heterocycles. The minimum atomic E-state index is -4.71. The van der Waals surface area contributed by atoms with Gasteiger partial charge in [-0.2, -0.15) is 27.6 Å². The van der Waals surface area contributed by atoms with E-state index < -0.39 is 48.1 Å². The molecule has 4 rings (SSSR count). The van der Waals surface area contributed by atoms with Crippen molar-refractivity contribution in [3.05, 3.63) is 36.4 Å². The highest BCUT2D eigenvalue weighted by atomic mass is 19.4. The highest BCUT2D eigenvalue weighted by Crippen LogP contribution is 2.36. The number of fused-ring (bicyclic) bond motifs is 1. The van der Waals surface area contributed by atoms with E-state index in [1.165, 1.54) is 15.6 Å². The summed E-state index contributed by atoms with van der Waals surface area (Å²) in [6, 6.07) is 4.06. The van der Waals surface area contributed by atoms with Crippen LogP contribution in [0.5, 0.6) is 5.88 Å². The van der Waals surface area contributed by atoms with Gasteiger partial charge >= 0.3 is 12.3 Å². The zero-order valence-electron chi connectivity index (χ0n) is 19.9. The maximum Gasteiger partial charge on any atom is 0.422 e. The lowest BCUT2D eigenvalue weighted by Crippen LogP contribution is -2.58. The van der Waals surface area contributed by atoms with Crippen molar-refractivity contribution in [3.8, 4) is 17.3 Å². The average molecular weight is 510 g/mol. The molecule has 1 amide bonds. The molecule has 1 unspecified atom stereocenters. The van der Waals surface area contributed by atoms with Gasteiger partial charge in [0.2, 0.25) is 5.82 Å². The fourth-order valence-corrected chi connectivity index (χ4v) is 4.60. The number of carboxylic acid groups (broad SMARTS) is 1. The number of likely N-dealkylation sites (tertiary alicyclic amines) is 1. The van der Waals surface area contributed by atoms with Crippen LogP contribution in [0, 0.1) is 11.2 Å². The summed E-state index contributed by atoms with van der Waals surface area (Å²) in [5.41, 5.74) is 0.388. The molecule has 0 saturated carbocycles. The molecule has 194 valence electrons. The van der Waals surface area contributed by atoms with Crippen LogP contribution in [0.1, 0.15) is 33.6 Å². The van der Waals surface area contributed by atoms with Gasteiger partial charge in [-0.15, -0.1) is 0 Å². The van der Waals surface area contributed by atoms with Crippen LogP contribution >= 0.6 is 0 Å². The van der Waals surface area contributed by atoms with Crippen LogP contribution in [0.25, 0.3) is 16.9 Å². The predicted molar refractivity (Wildman–Crippen MR) is 122 cm³/mol. The van der Waals surface area contributed by atoms with E-state index in [0.717, 1.165) is 0 Å². The molecular formula is C23H26F4N6O3. The van der Waals surface area contributed by atoms with Crippen LogP contribution in [0.2, 0.25) is 0 Å². The van der Waals surface area contributed by atoms with Crippen molar-refractivity contribution in [1.29, 1.82) is 0 Å². The van der Waals surface area contributed by atoms with Gasteiger partial charge in [0.05, 0.1) is 23.3 Å². The van der Waals surface area contributed by atoms with Crippen LogP contribution in [-0.4, -0.2) is 67.1 Å². The molecule has 0 spiro atoms. The normalized spacial score (nSPS) is 18.9. The summed E-state index contributed by atoms with van der Waals surface area (Å²) in [5, 5.41) is 16.9. The first-order valence-electron chi connectivity index (χ1n) is 11.3. The number of halogens is 4. The number of hydrogen-bond acceptors (Lipinski definition) is 6. The molecule has 0 aromatic carbocycles. The summed E-state index contributed by atoms with van der Waals surface area (Å²) in [5.74, 6) is -2.53. The van der Waals surface area contributed by atoms with E-state index in [2.05, 4.69) is 20.4 Å². The molecule has 2 atom stereocenters. The second-order valence-electron chi connectivity index (χ2n) is 9.69. The topological polar surface area (TPSA) is 105 Å². The minimum Gasteiger partial charge on any atom is -0.466 e. The fraction of sp³-hybridized carbons (Fsp3) is 0.478. The van der Waals surface area contributed by atoms with E-state index in [0.29, 0.717) is 30.5 Å². The Kier molecular flexibility index (Phi) is 6.67. The van der Waals surface area contributed by atoms with Crippen LogP contribution in [0.15, 0.2) is 30.6 Å². The number of nitrogens with zero attached hydrogens (tertiary/aromatic N) is 5. The van der Waals surface area contributed by atoms with Gasteiger partial charge in [-0.05, 0) is 30.4 Å². The van der Waals surface area contributed by atoms with Gasteiger partial charge in [0.25, 0.3) is 5.88 Å². The van der Waals surface area contributed by atoms with Crippen LogP contribution in [0.3, 0.4) is 0 Å². The number of hydrogen-bond donors (Lipinski definition) is 2. The molecule has 0 radical (unpaired) electrons. The first-order chi connectivity index (χ1) is 16.8. The van der Waals surface area contributed by atoms with Crippen LogP contribution in [0.4, 0.5) is 28.2 Å². The van der Waals surface area contributed by atoms with Gasteiger partial charge in [0.1, 0.15) is 0 Å². The number of alkyl halides is 3. The van der Waals surface area contributed by atoms with Crippen molar-refractivity contribution < 1.29 is 32.2 Å². The summed E-state index contributed by atoms with van der Waals surface area (Å²) >= 11 is 0. The summed E-state index contributed by atoms with van der Waals surface area (Å²) in [6.45, 7) is 4.18. The van der Waals surface area contributed by atoms with Crippen molar-refractivity contribution >= 4 is 17.4 Å². The number of amides is 1. The van der Waals surface area contributed by atoms with Crippen molar-refractivity contribution in [2.24, 2.45) is 5.41 Å². The predicted octanol–water partition coefficient (Wildman–Crippen LogP) is 4.84. The molecule has 1 aliphatic heterocycles. The molecule has 9 nitrogen and oxygen atoms in total. The second kappa shape index (κ2) is 9.43. The maximum atomic E-state index is 15.4. The molecule has 3 aromatic rings. The first kappa shape index (κ1) is 25.5. The van der Waals surface area contributed by atoms with Crippen molar-refractivity contribution in [1.82, 2.24) is 24.5 Å². The van der Waals surface area contributed by atoms with Crippen LogP contribution < -0.4 is 10.1 Å². The summed E-state index contributed by atoms with van der Waals surface area (Å²) in [7, 11) is 0. The third-order valence-corrected chi connectivity index (χ3v) is 5.95. The number of ether oxygens (including phenoxy) is 1. The molecule has 2 N–H and O–H groups in total. The molecule has 3 aromatic heterocycles. The zero-order chi connectivity index (χ0) is 26.3. The van der Waals surface area contributed by atoms with Gasteiger partial charge in [-0.1, -0.05) is 26.8 Å². The molecule has 1 aliphatic rings. The Balaban J connectivity index is 1.78. The highest BCUT2D eigenvalue weighted by molar-refractivity contribution is 5.76. The Bertz CT molecular complexity index is 1260. The SMILES string of the molecule is CC(C)(C)C1[C@H](Nc2nc(-c3cnn4ccccc34)nc(OCC(F)(F)F)c2F)CCCN1C(=O)O. The third-order valence-electron chi connectivity index (χ3n) is 5.95. The lowest BCUT2D eigenvalue weighted by Gasteiger charge is -2.47. The quantitative estimate of drug-likeness (QED) is 0.473. The summed E-state index contributed by atoms with van der Waals surface area (Å²) in [6.07, 6.45) is -1.71. The summed E-state index contributed by atoms with van der Waals surface area (Å²) < 4.78 is 60.2. The van der Waals surface area contributed by atoms with Gasteiger partial charge < -0.3 is 20.1 Å². The maximum absolute atomic E-state index is 15.4. The van der Waals surface area contributed by atoms with Gasteiger partial charge in [0.15, 0.2) is 18.2 Å². The van der Waals surface area contributed by atoms with E-state index in [9.17, 15) is 23.1 Å². The van der Waals surface area contributed by atoms with Gasteiger partial charge in [-0.3, -0.25) is 0 Å². The molecule has 36 heavy (non-hydrogen) atoms. The lowest BCUT2D eigenvalue weighted by atomic mass is 9.77. The van der Waals surface area contributed by atoms with Gasteiger partial charge in [0, 0.05) is 18.8 Å². The number of rotatable bonds is 5. The Hall–Kier alpha value is -3.64. The molecule has 1 fully saturated rings. The van der Waals surface area contributed by atoms with E-state index in [1.807, 2.05) is 20.8 Å². The molecule has 0 aliphatic carbocycles. The second-order valence-corrected chi connectivity index (χ2v) is 9.69. The monoisotopic (exact) mass is 510 g/mol. The summed E-state index contributed by atoms with van der Waals surface area (Å²) in [4.78, 5) is 21.4. The lowest BCUT2D eigenvalue weighted by molar-refractivity contribution is -0.154. The molecule has 0 bridgehead atoms. The third kappa shape index (κ3) is 5.29. The standard InChI is InChI=1S/C23H26F4N6O3/c1-22(2,3)17-14(7-6-9-32(17)21(34)35)29-19-16(24)20(36-12-23(25,26)27)31-18(30-19)13-11-28-33-10-5-4-8-15(13)33/h4-5,8,10-11,14,17H,6-7,9,12H2,1-3H3,(H,34,35)(H,29,30,31)/t14-,17?/m1/s1. The number of nitrogens with one attached hydrogen (secondary N) is 1. The van der Waals surface area contributed by atoms with E-state index in [-0.39, 0.29) is 11.6 Å². The number of piperidine rings is 1. The highest BCUT2D eigenvalue weighted by Gasteiger charge is 2.42. The smallest absolute Gasteiger partial charge is 0.422 e. The largest absolute Gasteiger partial charge is 0.466 e. The fourth-order valence-electron chi connectivity index (χ4n) is 4.60. The number of aromatic nitrogens is 4. The number of pyridine rings is 1. The molecular weight excluding hydrogens is 484 g/mol. The van der Waals surface area contributed by atoms with E-state index >= 15 is 4.39 Å². The number of carbonyl (C=O) groups is 1. The molecule has 13 heteroatoms. The van der Waals surface area contributed by atoms with E-state index in [1.54, 1.807) is 24.4 Å². The Morgan fingerprint density at radius 1 is 1.25 bits per heavy atom. The Labute approximate surface area is 204 Å². The van der Waals surface area contributed by atoms with Gasteiger partial charge in [-0.25, -0.2) is 14.3 Å². The van der Waals surface area contributed by atoms with E-state index in [4.69, 9.17) is 4.74 Å². The first-order valence-corrected chi connectivity index (χ1v) is 11.3. The number of anilines is 1. The van der Waals surface area contributed by atoms with Crippen molar-refractivity contribution in [2.75, 3.05) is 18.5 Å². The van der Waals surface area contributed by atoms with Crippen molar-refractivity contribution in [2.45, 2.75) is 51.9 Å². The average Bonchev–Trinajstić information content (AvgIpc) is 3.22.